The van der Waals surface area contributed by atoms with Crippen LogP contribution in [0, 0.1) is 0 Å². The van der Waals surface area contributed by atoms with Crippen molar-refractivity contribution in [2.75, 3.05) is 34.4 Å². The van der Waals surface area contributed by atoms with Crippen LogP contribution < -0.4 is 24.8 Å². The van der Waals surface area contributed by atoms with Gasteiger partial charge >= 0.3 is 0 Å². The van der Waals surface area contributed by atoms with Gasteiger partial charge in [-0.25, -0.2) is 0 Å². The monoisotopic (exact) mass is 471 g/mol. The molecular formula is C19H26IN3O3. The second-order valence-corrected chi connectivity index (χ2v) is 5.22. The lowest BCUT2D eigenvalue weighted by Gasteiger charge is -2.13. The Morgan fingerprint density at radius 3 is 1.92 bits per heavy atom. The van der Waals surface area contributed by atoms with E-state index >= 15 is 0 Å². The molecule has 0 fully saturated rings. The summed E-state index contributed by atoms with van der Waals surface area (Å²) in [6.07, 6.45) is 0. The lowest BCUT2D eigenvalue weighted by Crippen LogP contribution is -2.38. The predicted octanol–water partition coefficient (Wildman–Crippen LogP) is 3.07. The normalized spacial score (nSPS) is 10.5. The van der Waals surface area contributed by atoms with Gasteiger partial charge in [0.1, 0.15) is 23.9 Å². The maximum absolute atomic E-state index is 5.67. The highest BCUT2D eigenvalue weighted by atomic mass is 127. The van der Waals surface area contributed by atoms with Crippen LogP contribution in [0.4, 0.5) is 0 Å². The van der Waals surface area contributed by atoms with Crippen LogP contribution in [0.2, 0.25) is 0 Å². The van der Waals surface area contributed by atoms with E-state index in [1.54, 1.807) is 21.3 Å². The van der Waals surface area contributed by atoms with Gasteiger partial charge in [0.05, 0.1) is 20.8 Å². The third-order valence-corrected chi connectivity index (χ3v) is 3.57. The molecule has 0 unspecified atom stereocenters. The molecule has 0 bridgehead atoms. The molecule has 6 nitrogen and oxygen atoms in total. The highest BCUT2D eigenvalue weighted by molar-refractivity contribution is 14.0. The molecule has 0 atom stereocenters. The molecule has 2 aromatic rings. The number of benzene rings is 2. The van der Waals surface area contributed by atoms with Crippen LogP contribution >= 0.6 is 24.0 Å². The zero-order chi connectivity index (χ0) is 17.9. The van der Waals surface area contributed by atoms with Gasteiger partial charge in [-0.2, -0.15) is 0 Å². The van der Waals surface area contributed by atoms with E-state index in [1.165, 1.54) is 0 Å². The summed E-state index contributed by atoms with van der Waals surface area (Å²) in [5.74, 6) is 3.20. The average molecular weight is 471 g/mol. The first-order chi connectivity index (χ1) is 12.2. The summed E-state index contributed by atoms with van der Waals surface area (Å²) in [4.78, 5) is 4.20. The van der Waals surface area contributed by atoms with Crippen LogP contribution in [0.25, 0.3) is 0 Å². The summed E-state index contributed by atoms with van der Waals surface area (Å²) in [5, 5.41) is 6.48. The van der Waals surface area contributed by atoms with E-state index in [0.29, 0.717) is 19.7 Å². The molecule has 2 aromatic carbocycles. The number of methoxy groups -OCH3 is 2. The Bertz CT molecular complexity index is 661. The standard InChI is InChI=1S/C19H25N3O3.HI/c1-20-19(22-14-15-4-6-16(23-2)7-5-15)21-12-13-25-18-10-8-17(24-3)9-11-18;/h4-11H,12-14H2,1-3H3,(H2,20,21,22);1H. The molecule has 0 heterocycles. The Kier molecular flexibility index (Phi) is 10.3. The molecule has 0 aliphatic rings. The van der Waals surface area contributed by atoms with Crippen molar-refractivity contribution in [2.24, 2.45) is 4.99 Å². The summed E-state index contributed by atoms with van der Waals surface area (Å²) >= 11 is 0. The van der Waals surface area contributed by atoms with Gasteiger partial charge in [0.25, 0.3) is 0 Å². The van der Waals surface area contributed by atoms with Gasteiger partial charge in [-0.1, -0.05) is 12.1 Å². The van der Waals surface area contributed by atoms with Crippen molar-refractivity contribution >= 4 is 29.9 Å². The second kappa shape index (κ2) is 12.2. The fraction of sp³-hybridized carbons (Fsp3) is 0.316. The molecule has 0 amide bonds. The van der Waals surface area contributed by atoms with E-state index in [0.717, 1.165) is 28.8 Å². The van der Waals surface area contributed by atoms with Crippen molar-refractivity contribution in [2.45, 2.75) is 6.54 Å². The minimum Gasteiger partial charge on any atom is -0.497 e. The fourth-order valence-corrected chi connectivity index (χ4v) is 2.16. The number of aliphatic imine (C=N–C) groups is 1. The maximum atomic E-state index is 5.67. The third-order valence-electron chi connectivity index (χ3n) is 3.57. The number of ether oxygens (including phenoxy) is 3. The van der Waals surface area contributed by atoms with Gasteiger partial charge < -0.3 is 24.8 Å². The Balaban J connectivity index is 0.00000338. The molecule has 26 heavy (non-hydrogen) atoms. The quantitative estimate of drug-likeness (QED) is 0.268. The van der Waals surface area contributed by atoms with Crippen molar-refractivity contribution in [3.8, 4) is 17.2 Å². The van der Waals surface area contributed by atoms with Crippen LogP contribution in [0.1, 0.15) is 5.56 Å². The molecule has 7 heteroatoms. The first-order valence-corrected chi connectivity index (χ1v) is 8.09. The van der Waals surface area contributed by atoms with Gasteiger partial charge in [0, 0.05) is 13.6 Å². The Labute approximate surface area is 172 Å². The number of nitrogens with zero attached hydrogens (tertiary/aromatic N) is 1. The fourth-order valence-electron chi connectivity index (χ4n) is 2.16. The highest BCUT2D eigenvalue weighted by Gasteiger charge is 2.00. The topological polar surface area (TPSA) is 64.1 Å². The van der Waals surface area contributed by atoms with E-state index in [2.05, 4.69) is 15.6 Å². The number of nitrogens with one attached hydrogen (secondary N) is 2. The molecule has 2 rings (SSSR count). The number of rotatable bonds is 8. The summed E-state index contributed by atoms with van der Waals surface area (Å²) in [6.45, 7) is 1.87. The van der Waals surface area contributed by atoms with Gasteiger partial charge in [-0.3, -0.25) is 4.99 Å². The molecular weight excluding hydrogens is 445 g/mol. The average Bonchev–Trinajstić information content (AvgIpc) is 2.68. The molecule has 0 radical (unpaired) electrons. The van der Waals surface area contributed by atoms with Crippen molar-refractivity contribution in [3.05, 3.63) is 54.1 Å². The Morgan fingerprint density at radius 1 is 0.846 bits per heavy atom. The third kappa shape index (κ3) is 7.38. The maximum Gasteiger partial charge on any atom is 0.191 e. The van der Waals surface area contributed by atoms with Gasteiger partial charge in [0.2, 0.25) is 0 Å². The smallest absolute Gasteiger partial charge is 0.191 e. The lowest BCUT2D eigenvalue weighted by atomic mass is 10.2. The van der Waals surface area contributed by atoms with E-state index in [4.69, 9.17) is 14.2 Å². The van der Waals surface area contributed by atoms with E-state index in [1.807, 2.05) is 48.5 Å². The molecule has 0 aromatic heterocycles. The number of hydrogen-bond donors (Lipinski definition) is 2. The summed E-state index contributed by atoms with van der Waals surface area (Å²) in [7, 11) is 5.05. The van der Waals surface area contributed by atoms with Gasteiger partial charge in [-0.15, -0.1) is 24.0 Å². The number of hydrogen-bond acceptors (Lipinski definition) is 4. The van der Waals surface area contributed by atoms with Gasteiger partial charge in [0.15, 0.2) is 5.96 Å². The molecule has 0 aliphatic heterocycles. The molecule has 142 valence electrons. The molecule has 2 N–H and O–H groups in total. The van der Waals surface area contributed by atoms with Crippen molar-refractivity contribution < 1.29 is 14.2 Å². The Morgan fingerprint density at radius 2 is 1.38 bits per heavy atom. The van der Waals surface area contributed by atoms with Gasteiger partial charge in [-0.05, 0) is 42.0 Å². The molecule has 0 spiro atoms. The highest BCUT2D eigenvalue weighted by Crippen LogP contribution is 2.16. The number of guanidine groups is 1. The number of halogens is 1. The lowest BCUT2D eigenvalue weighted by molar-refractivity contribution is 0.321. The molecule has 0 saturated carbocycles. The minimum atomic E-state index is 0. The van der Waals surface area contributed by atoms with Crippen LogP contribution in [0.15, 0.2) is 53.5 Å². The van der Waals surface area contributed by atoms with Crippen molar-refractivity contribution in [1.82, 2.24) is 10.6 Å². The van der Waals surface area contributed by atoms with Crippen LogP contribution in [0.3, 0.4) is 0 Å². The van der Waals surface area contributed by atoms with Crippen LogP contribution in [0.5, 0.6) is 17.2 Å². The van der Waals surface area contributed by atoms with Crippen molar-refractivity contribution in [1.29, 1.82) is 0 Å². The second-order valence-electron chi connectivity index (χ2n) is 5.22. The first-order valence-electron chi connectivity index (χ1n) is 8.09. The first kappa shape index (κ1) is 21.9. The van der Waals surface area contributed by atoms with E-state index < -0.39 is 0 Å². The van der Waals surface area contributed by atoms with Crippen LogP contribution in [-0.2, 0) is 6.54 Å². The van der Waals surface area contributed by atoms with Crippen molar-refractivity contribution in [3.63, 3.8) is 0 Å². The van der Waals surface area contributed by atoms with E-state index in [9.17, 15) is 0 Å². The zero-order valence-corrected chi connectivity index (χ0v) is 17.7. The van der Waals surface area contributed by atoms with Crippen LogP contribution in [-0.4, -0.2) is 40.4 Å². The predicted molar refractivity (Wildman–Crippen MR) is 115 cm³/mol. The summed E-state index contributed by atoms with van der Waals surface area (Å²) in [6, 6.07) is 15.4. The minimum absolute atomic E-state index is 0. The molecule has 0 aliphatic carbocycles. The molecule has 0 saturated heterocycles. The Hall–Kier alpha value is -2.16. The zero-order valence-electron chi connectivity index (χ0n) is 15.3. The summed E-state index contributed by atoms with van der Waals surface area (Å²) in [5.41, 5.74) is 1.15. The van der Waals surface area contributed by atoms with E-state index in [-0.39, 0.29) is 24.0 Å². The largest absolute Gasteiger partial charge is 0.497 e. The summed E-state index contributed by atoms with van der Waals surface area (Å²) < 4.78 is 15.9. The SMILES string of the molecule is CN=C(NCCOc1ccc(OC)cc1)NCc1ccc(OC)cc1.I.